The minimum absolute atomic E-state index is 0.0989. The average molecular weight is 566 g/mol. The van der Waals surface area contributed by atoms with Crippen LogP contribution in [-0.4, -0.2) is 90.2 Å². The summed E-state index contributed by atoms with van der Waals surface area (Å²) in [6, 6.07) is -1.47. The molecule has 1 fully saturated rings. The van der Waals surface area contributed by atoms with Crippen molar-refractivity contribution in [3.63, 3.8) is 0 Å². The molecular formula is C21H25Cl2N3O9S. The summed E-state index contributed by atoms with van der Waals surface area (Å²) in [7, 11) is -3.53. The average Bonchev–Trinajstić information content (AvgIpc) is 3.27. The van der Waals surface area contributed by atoms with Gasteiger partial charge in [-0.3, -0.25) is 19.2 Å². The van der Waals surface area contributed by atoms with E-state index in [-0.39, 0.29) is 41.3 Å². The smallest absolute Gasteiger partial charge is 0.305 e. The van der Waals surface area contributed by atoms with E-state index in [0.717, 1.165) is 23.3 Å². The summed E-state index contributed by atoms with van der Waals surface area (Å²) >= 11 is 11.7. The Morgan fingerprint density at radius 1 is 1.19 bits per heavy atom. The van der Waals surface area contributed by atoms with Gasteiger partial charge in [0.05, 0.1) is 28.3 Å². The zero-order valence-electron chi connectivity index (χ0n) is 19.1. The van der Waals surface area contributed by atoms with Crippen LogP contribution in [0, 0.1) is 0 Å². The van der Waals surface area contributed by atoms with Crippen molar-refractivity contribution in [2.24, 2.45) is 0 Å². The Labute approximate surface area is 216 Å². The number of carboxylic acids is 1. The molecule has 1 saturated heterocycles. The van der Waals surface area contributed by atoms with E-state index >= 15 is 0 Å². The maximum absolute atomic E-state index is 13.3. The van der Waals surface area contributed by atoms with Crippen LogP contribution in [0.15, 0.2) is 12.1 Å². The Morgan fingerprint density at radius 3 is 2.33 bits per heavy atom. The summed E-state index contributed by atoms with van der Waals surface area (Å²) in [6.45, 7) is 0.115. The number of phenols is 1. The highest BCUT2D eigenvalue weighted by atomic mass is 35.5. The lowest BCUT2D eigenvalue weighted by Gasteiger charge is -2.29. The molecule has 1 aliphatic heterocycles. The Kier molecular flexibility index (Phi) is 10.1. The van der Waals surface area contributed by atoms with Gasteiger partial charge in [0.1, 0.15) is 28.2 Å². The van der Waals surface area contributed by atoms with Crippen LogP contribution in [-0.2, 0) is 29.0 Å². The molecule has 15 heteroatoms. The number of rotatable bonds is 11. The number of likely N-dealkylation sites (tertiary alicyclic amines) is 1. The number of nitrogens with one attached hydrogen (secondary N) is 2. The van der Waals surface area contributed by atoms with Crippen molar-refractivity contribution in [3.05, 3.63) is 27.7 Å². The van der Waals surface area contributed by atoms with Crippen molar-refractivity contribution in [3.8, 4) is 5.75 Å². The van der Waals surface area contributed by atoms with E-state index in [4.69, 9.17) is 28.3 Å². The van der Waals surface area contributed by atoms with Crippen molar-refractivity contribution in [2.75, 3.05) is 18.6 Å². The third-order valence-corrected chi connectivity index (χ3v) is 6.94. The van der Waals surface area contributed by atoms with Crippen LogP contribution >= 0.6 is 23.2 Å². The zero-order chi connectivity index (χ0) is 27.2. The third-order valence-electron chi connectivity index (χ3n) is 5.38. The predicted molar refractivity (Wildman–Crippen MR) is 129 cm³/mol. The molecule has 2 rings (SSSR count). The van der Waals surface area contributed by atoms with Gasteiger partial charge in [-0.05, 0) is 31.4 Å². The van der Waals surface area contributed by atoms with E-state index in [9.17, 15) is 37.5 Å². The van der Waals surface area contributed by atoms with E-state index in [1.165, 1.54) is 0 Å². The number of sulfone groups is 1. The molecule has 1 aliphatic rings. The molecule has 12 nitrogen and oxygen atoms in total. The summed E-state index contributed by atoms with van der Waals surface area (Å²) < 4.78 is 23.5. The number of aliphatic carboxylic acids is 1. The second-order valence-electron chi connectivity index (χ2n) is 8.27. The second-order valence-corrected chi connectivity index (χ2v) is 11.3. The van der Waals surface area contributed by atoms with Gasteiger partial charge < -0.3 is 30.5 Å². The van der Waals surface area contributed by atoms with Crippen LogP contribution in [0.2, 0.25) is 10.0 Å². The Balaban J connectivity index is 2.25. The largest absolute Gasteiger partial charge is 0.505 e. The Hall–Kier alpha value is -2.90. The normalized spacial score (nSPS) is 17.2. The SMILES string of the molecule is CS(=O)(=O)CCC(NC(=O)c1cc(Cl)c(O)c(Cl)c1)C(=O)N1CCCC1C(=O)NC(C=O)CC(=O)O. The lowest BCUT2D eigenvalue weighted by atomic mass is 10.1. The number of halogens is 2. The molecule has 3 unspecified atom stereocenters. The molecule has 1 heterocycles. The summed E-state index contributed by atoms with van der Waals surface area (Å²) in [6.07, 6.45) is 0.918. The first-order valence-corrected chi connectivity index (χ1v) is 13.5. The number of aldehydes is 1. The van der Waals surface area contributed by atoms with Crippen LogP contribution in [0.25, 0.3) is 0 Å². The van der Waals surface area contributed by atoms with Crippen LogP contribution in [0.3, 0.4) is 0 Å². The molecule has 1 aromatic carbocycles. The van der Waals surface area contributed by atoms with Crippen molar-refractivity contribution in [2.45, 2.75) is 43.8 Å². The number of carbonyl (C=O) groups is 5. The van der Waals surface area contributed by atoms with Crippen molar-refractivity contribution in [1.29, 1.82) is 0 Å². The molecule has 198 valence electrons. The minimum atomic E-state index is -3.53. The molecule has 3 atom stereocenters. The fraction of sp³-hybridized carbons (Fsp3) is 0.476. The number of benzene rings is 1. The molecule has 4 N–H and O–H groups in total. The highest BCUT2D eigenvalue weighted by Crippen LogP contribution is 2.32. The maximum atomic E-state index is 13.3. The quantitative estimate of drug-likeness (QED) is 0.275. The fourth-order valence-corrected chi connectivity index (χ4v) is 4.78. The highest BCUT2D eigenvalue weighted by molar-refractivity contribution is 7.90. The van der Waals surface area contributed by atoms with Crippen LogP contribution in [0.1, 0.15) is 36.0 Å². The van der Waals surface area contributed by atoms with Crippen molar-refractivity contribution in [1.82, 2.24) is 15.5 Å². The van der Waals surface area contributed by atoms with Crippen molar-refractivity contribution < 1.29 is 42.6 Å². The Morgan fingerprint density at radius 2 is 1.81 bits per heavy atom. The van der Waals surface area contributed by atoms with Gasteiger partial charge in [0.2, 0.25) is 11.8 Å². The molecule has 0 bridgehead atoms. The summed E-state index contributed by atoms with van der Waals surface area (Å²) in [5.74, 6) is -4.50. The van der Waals surface area contributed by atoms with Gasteiger partial charge in [-0.1, -0.05) is 23.2 Å². The van der Waals surface area contributed by atoms with Crippen LogP contribution < -0.4 is 10.6 Å². The van der Waals surface area contributed by atoms with Gasteiger partial charge in [-0.2, -0.15) is 0 Å². The van der Waals surface area contributed by atoms with Gasteiger partial charge in [-0.25, -0.2) is 8.42 Å². The first-order valence-electron chi connectivity index (χ1n) is 10.7. The number of amides is 3. The van der Waals surface area contributed by atoms with Crippen LogP contribution in [0.5, 0.6) is 5.75 Å². The van der Waals surface area contributed by atoms with Gasteiger partial charge in [0.25, 0.3) is 5.91 Å². The standard InChI is InChI=1S/C21H25Cl2N3O9S/c1-36(34,35)6-4-15(25-19(31)11-7-13(22)18(30)14(23)8-11)21(33)26-5-2-3-16(26)20(32)24-12(10-27)9-17(28)29/h7-8,10,12,15-16,30H,2-6,9H2,1H3,(H,24,32)(H,25,31)(H,28,29). The Bertz CT molecular complexity index is 1140. The minimum Gasteiger partial charge on any atom is -0.505 e. The maximum Gasteiger partial charge on any atom is 0.305 e. The molecule has 0 saturated carbocycles. The number of aromatic hydroxyl groups is 1. The topological polar surface area (TPSA) is 187 Å². The van der Waals surface area contributed by atoms with E-state index in [2.05, 4.69) is 10.6 Å². The van der Waals surface area contributed by atoms with E-state index in [1.54, 1.807) is 0 Å². The van der Waals surface area contributed by atoms with Gasteiger partial charge >= 0.3 is 5.97 Å². The monoisotopic (exact) mass is 565 g/mol. The summed E-state index contributed by atoms with van der Waals surface area (Å²) in [5, 5.41) is 22.9. The molecule has 36 heavy (non-hydrogen) atoms. The first kappa shape index (κ1) is 29.3. The number of carbonyl (C=O) groups excluding carboxylic acids is 4. The first-order chi connectivity index (χ1) is 16.7. The number of hydrogen-bond donors (Lipinski definition) is 4. The number of phenolic OH excluding ortho intramolecular Hbond substituents is 1. The van der Waals surface area contributed by atoms with E-state index in [1.807, 2.05) is 0 Å². The van der Waals surface area contributed by atoms with Crippen molar-refractivity contribution >= 4 is 63.0 Å². The molecule has 0 aromatic heterocycles. The van der Waals surface area contributed by atoms with E-state index in [0.29, 0.717) is 6.42 Å². The van der Waals surface area contributed by atoms with Gasteiger partial charge in [0, 0.05) is 18.4 Å². The van der Waals surface area contributed by atoms with Gasteiger partial charge in [0.15, 0.2) is 5.75 Å². The summed E-state index contributed by atoms with van der Waals surface area (Å²) in [5.41, 5.74) is -0.0989. The fourth-order valence-electron chi connectivity index (χ4n) is 3.63. The lowest BCUT2D eigenvalue weighted by molar-refractivity contribution is -0.142. The van der Waals surface area contributed by atoms with E-state index < -0.39 is 69.6 Å². The molecule has 0 spiro atoms. The van der Waals surface area contributed by atoms with Gasteiger partial charge in [-0.15, -0.1) is 0 Å². The lowest BCUT2D eigenvalue weighted by Crippen LogP contribution is -2.55. The molecule has 3 amide bonds. The summed E-state index contributed by atoms with van der Waals surface area (Å²) in [4.78, 5) is 62.0. The third kappa shape index (κ3) is 8.07. The second kappa shape index (κ2) is 12.4. The molecule has 0 aliphatic carbocycles. The molecular weight excluding hydrogens is 541 g/mol. The zero-order valence-corrected chi connectivity index (χ0v) is 21.4. The predicted octanol–water partition coefficient (Wildman–Crippen LogP) is 0.382. The molecule has 0 radical (unpaired) electrons. The van der Waals surface area contributed by atoms with Crippen LogP contribution in [0.4, 0.5) is 0 Å². The number of nitrogens with zero attached hydrogens (tertiary/aromatic N) is 1. The highest BCUT2D eigenvalue weighted by Gasteiger charge is 2.38. The number of carboxylic acid groups (broad SMARTS) is 1. The molecule has 1 aromatic rings. The number of hydrogen-bond acceptors (Lipinski definition) is 8.